The fourth-order valence-corrected chi connectivity index (χ4v) is 1.79. The molecule has 4 heteroatoms. The molecular weight excluding hydrogens is 204 g/mol. The lowest BCUT2D eigenvalue weighted by Gasteiger charge is -2.14. The van der Waals surface area contributed by atoms with E-state index in [0.717, 1.165) is 13.1 Å². The van der Waals surface area contributed by atoms with Crippen molar-refractivity contribution < 1.29 is 9.53 Å². The molecule has 0 aliphatic carbocycles. The zero-order valence-corrected chi connectivity index (χ0v) is 10.1. The van der Waals surface area contributed by atoms with Crippen LogP contribution in [0, 0.1) is 0 Å². The number of carbonyl (C=O) groups excluding carboxylic acids is 1. The van der Waals surface area contributed by atoms with E-state index in [2.05, 4.69) is 16.8 Å². The summed E-state index contributed by atoms with van der Waals surface area (Å²) in [5.74, 6) is -0.295. The van der Waals surface area contributed by atoms with Crippen molar-refractivity contribution in [1.82, 2.24) is 10.2 Å². The van der Waals surface area contributed by atoms with Crippen LogP contribution in [0.1, 0.15) is 19.8 Å². The third-order valence-electron chi connectivity index (χ3n) is 2.71. The largest absolute Gasteiger partial charge is 0.463 e. The van der Waals surface area contributed by atoms with E-state index in [4.69, 9.17) is 4.74 Å². The van der Waals surface area contributed by atoms with Crippen LogP contribution in [0.3, 0.4) is 0 Å². The second kappa shape index (κ2) is 7.41. The van der Waals surface area contributed by atoms with E-state index in [9.17, 15) is 4.79 Å². The SMILES string of the molecule is C=C(CNCCN1CCCC1)C(=O)OCC. The number of nitrogens with zero attached hydrogens (tertiary/aromatic N) is 1. The first kappa shape index (κ1) is 13.2. The number of ether oxygens (including phenoxy) is 1. The molecule has 0 aromatic heterocycles. The summed E-state index contributed by atoms with van der Waals surface area (Å²) in [6, 6.07) is 0. The molecule has 1 fully saturated rings. The fraction of sp³-hybridized carbons (Fsp3) is 0.750. The Morgan fingerprint density at radius 2 is 2.12 bits per heavy atom. The molecule has 1 saturated heterocycles. The van der Waals surface area contributed by atoms with Gasteiger partial charge in [-0.2, -0.15) is 0 Å². The van der Waals surface area contributed by atoms with Gasteiger partial charge in [0.15, 0.2) is 0 Å². The second-order valence-corrected chi connectivity index (χ2v) is 4.05. The van der Waals surface area contributed by atoms with Crippen molar-refractivity contribution in [1.29, 1.82) is 0 Å². The lowest BCUT2D eigenvalue weighted by Crippen LogP contribution is -2.31. The number of nitrogens with one attached hydrogen (secondary N) is 1. The molecule has 0 spiro atoms. The van der Waals surface area contributed by atoms with E-state index in [1.165, 1.54) is 25.9 Å². The Bertz CT molecular complexity index is 235. The Hall–Kier alpha value is -0.870. The van der Waals surface area contributed by atoms with Crippen LogP contribution in [-0.4, -0.2) is 50.2 Å². The first-order valence-electron chi connectivity index (χ1n) is 6.02. The maximum atomic E-state index is 11.2. The molecule has 0 unspecified atom stereocenters. The number of hydrogen-bond donors (Lipinski definition) is 1. The molecule has 0 aromatic carbocycles. The Kier molecular flexibility index (Phi) is 6.11. The predicted molar refractivity (Wildman–Crippen MR) is 64.3 cm³/mol. The van der Waals surface area contributed by atoms with E-state index < -0.39 is 0 Å². The maximum absolute atomic E-state index is 11.2. The zero-order chi connectivity index (χ0) is 11.8. The summed E-state index contributed by atoms with van der Waals surface area (Å²) in [6.07, 6.45) is 2.63. The Balaban J connectivity index is 2.01. The summed E-state index contributed by atoms with van der Waals surface area (Å²) < 4.78 is 4.85. The Morgan fingerprint density at radius 1 is 1.44 bits per heavy atom. The van der Waals surface area contributed by atoms with Crippen molar-refractivity contribution in [2.45, 2.75) is 19.8 Å². The molecule has 0 amide bonds. The summed E-state index contributed by atoms with van der Waals surface area (Å²) in [7, 11) is 0. The van der Waals surface area contributed by atoms with Gasteiger partial charge >= 0.3 is 5.97 Å². The van der Waals surface area contributed by atoms with Gasteiger partial charge in [0.25, 0.3) is 0 Å². The molecular formula is C12H22N2O2. The van der Waals surface area contributed by atoms with Gasteiger partial charge in [-0.25, -0.2) is 4.79 Å². The second-order valence-electron chi connectivity index (χ2n) is 4.05. The molecule has 0 radical (unpaired) electrons. The van der Waals surface area contributed by atoms with Gasteiger partial charge in [-0.05, 0) is 32.9 Å². The minimum Gasteiger partial charge on any atom is -0.463 e. The van der Waals surface area contributed by atoms with Gasteiger partial charge in [-0.15, -0.1) is 0 Å². The molecule has 1 aliphatic heterocycles. The highest BCUT2D eigenvalue weighted by Gasteiger charge is 2.11. The van der Waals surface area contributed by atoms with Gasteiger partial charge in [0, 0.05) is 25.2 Å². The number of rotatable bonds is 7. The van der Waals surface area contributed by atoms with E-state index in [1.807, 2.05) is 0 Å². The van der Waals surface area contributed by atoms with Gasteiger partial charge in [-0.3, -0.25) is 0 Å². The van der Waals surface area contributed by atoms with Gasteiger partial charge in [0.05, 0.1) is 6.61 Å². The third kappa shape index (κ3) is 4.77. The summed E-state index contributed by atoms with van der Waals surface area (Å²) >= 11 is 0. The lowest BCUT2D eigenvalue weighted by atomic mass is 10.3. The van der Waals surface area contributed by atoms with Gasteiger partial charge in [0.1, 0.15) is 0 Å². The maximum Gasteiger partial charge on any atom is 0.334 e. The van der Waals surface area contributed by atoms with Crippen molar-refractivity contribution in [3.05, 3.63) is 12.2 Å². The van der Waals surface area contributed by atoms with Crippen LogP contribution in [0.2, 0.25) is 0 Å². The molecule has 0 aromatic rings. The van der Waals surface area contributed by atoms with Gasteiger partial charge < -0.3 is 15.0 Å². The number of carbonyl (C=O) groups is 1. The molecule has 1 N–H and O–H groups in total. The molecule has 4 nitrogen and oxygen atoms in total. The van der Waals surface area contributed by atoms with E-state index in [0.29, 0.717) is 18.7 Å². The highest BCUT2D eigenvalue weighted by atomic mass is 16.5. The minimum absolute atomic E-state index is 0.295. The summed E-state index contributed by atoms with van der Waals surface area (Å²) in [5, 5.41) is 3.21. The quantitative estimate of drug-likeness (QED) is 0.396. The van der Waals surface area contributed by atoms with Crippen molar-refractivity contribution in [2.75, 3.05) is 39.3 Å². The van der Waals surface area contributed by atoms with Gasteiger partial charge in [-0.1, -0.05) is 6.58 Å². The number of esters is 1. The molecule has 0 atom stereocenters. The lowest BCUT2D eigenvalue weighted by molar-refractivity contribution is -0.138. The summed E-state index contributed by atoms with van der Waals surface area (Å²) in [5.41, 5.74) is 0.503. The number of likely N-dealkylation sites (tertiary alicyclic amines) is 1. The molecule has 92 valence electrons. The highest BCUT2D eigenvalue weighted by molar-refractivity contribution is 5.88. The minimum atomic E-state index is -0.295. The van der Waals surface area contributed by atoms with Crippen LogP contribution in [-0.2, 0) is 9.53 Å². The van der Waals surface area contributed by atoms with Crippen LogP contribution in [0.15, 0.2) is 12.2 Å². The standard InChI is InChI=1S/C12H22N2O2/c1-3-16-12(15)11(2)10-13-6-9-14-7-4-5-8-14/h13H,2-10H2,1H3. The fourth-order valence-electron chi connectivity index (χ4n) is 1.79. The van der Waals surface area contributed by atoms with Gasteiger partial charge in [0.2, 0.25) is 0 Å². The van der Waals surface area contributed by atoms with Crippen LogP contribution in [0.25, 0.3) is 0 Å². The third-order valence-corrected chi connectivity index (χ3v) is 2.71. The molecule has 1 heterocycles. The van der Waals surface area contributed by atoms with Crippen molar-refractivity contribution in [3.8, 4) is 0 Å². The summed E-state index contributed by atoms with van der Waals surface area (Å²) in [6.45, 7) is 10.8. The Labute approximate surface area is 97.6 Å². The molecule has 0 saturated carbocycles. The van der Waals surface area contributed by atoms with E-state index >= 15 is 0 Å². The molecule has 1 aliphatic rings. The molecule has 0 bridgehead atoms. The first-order chi connectivity index (χ1) is 7.74. The summed E-state index contributed by atoms with van der Waals surface area (Å²) in [4.78, 5) is 13.7. The van der Waals surface area contributed by atoms with Crippen molar-refractivity contribution in [2.24, 2.45) is 0 Å². The zero-order valence-electron chi connectivity index (χ0n) is 10.1. The first-order valence-corrected chi connectivity index (χ1v) is 6.02. The Morgan fingerprint density at radius 3 is 2.75 bits per heavy atom. The molecule has 1 rings (SSSR count). The normalized spacial score (nSPS) is 16.3. The average Bonchev–Trinajstić information content (AvgIpc) is 2.77. The van der Waals surface area contributed by atoms with E-state index in [1.54, 1.807) is 6.92 Å². The van der Waals surface area contributed by atoms with Crippen molar-refractivity contribution >= 4 is 5.97 Å². The predicted octanol–water partition coefficient (Wildman–Crippen LogP) is 0.791. The van der Waals surface area contributed by atoms with Crippen molar-refractivity contribution in [3.63, 3.8) is 0 Å². The number of hydrogen-bond acceptors (Lipinski definition) is 4. The topological polar surface area (TPSA) is 41.6 Å². The van der Waals surface area contributed by atoms with Crippen LogP contribution < -0.4 is 5.32 Å². The van der Waals surface area contributed by atoms with Crippen LogP contribution in [0.5, 0.6) is 0 Å². The average molecular weight is 226 g/mol. The van der Waals surface area contributed by atoms with E-state index in [-0.39, 0.29) is 5.97 Å². The van der Waals surface area contributed by atoms with Crippen LogP contribution >= 0.6 is 0 Å². The molecule has 16 heavy (non-hydrogen) atoms. The van der Waals surface area contributed by atoms with Crippen LogP contribution in [0.4, 0.5) is 0 Å². The smallest absolute Gasteiger partial charge is 0.334 e. The monoisotopic (exact) mass is 226 g/mol. The highest BCUT2D eigenvalue weighted by Crippen LogP contribution is 2.05.